The summed E-state index contributed by atoms with van der Waals surface area (Å²) in [5.41, 5.74) is 5.32. The maximum absolute atomic E-state index is 13.8. The maximum atomic E-state index is 13.8. The van der Waals surface area contributed by atoms with E-state index in [0.29, 0.717) is 13.0 Å². The second-order valence-electron chi connectivity index (χ2n) is 5.44. The van der Waals surface area contributed by atoms with Crippen LogP contribution in [0.4, 0.5) is 14.5 Å². The van der Waals surface area contributed by atoms with Gasteiger partial charge in [-0.25, -0.2) is 17.2 Å². The average molecular weight is 319 g/mol. The highest BCUT2D eigenvalue weighted by Crippen LogP contribution is 2.27. The molecule has 118 valence electrons. The van der Waals surface area contributed by atoms with Crippen LogP contribution in [0.1, 0.15) is 12.8 Å². The summed E-state index contributed by atoms with van der Waals surface area (Å²) in [6, 6.07) is 1.79. The summed E-state index contributed by atoms with van der Waals surface area (Å²) in [6.07, 6.45) is 1.54. The van der Waals surface area contributed by atoms with E-state index in [1.54, 1.807) is 0 Å². The van der Waals surface area contributed by atoms with Crippen molar-refractivity contribution >= 4 is 15.7 Å². The normalized spacial score (nSPS) is 20.9. The lowest BCUT2D eigenvalue weighted by Crippen LogP contribution is -2.47. The lowest BCUT2D eigenvalue weighted by atomic mass is 10.1. The summed E-state index contributed by atoms with van der Waals surface area (Å²) in [6.45, 7) is 0.549. The fourth-order valence-corrected chi connectivity index (χ4v) is 4.10. The molecular formula is C13H19F2N3O2S. The fourth-order valence-electron chi connectivity index (χ4n) is 2.47. The number of anilines is 1. The molecule has 8 heteroatoms. The smallest absolute Gasteiger partial charge is 0.246 e. The van der Waals surface area contributed by atoms with E-state index in [9.17, 15) is 17.2 Å². The zero-order valence-electron chi connectivity index (χ0n) is 12.0. The lowest BCUT2D eigenvalue weighted by Gasteiger charge is -2.35. The van der Waals surface area contributed by atoms with Crippen molar-refractivity contribution in [2.24, 2.45) is 0 Å². The van der Waals surface area contributed by atoms with Crippen LogP contribution in [0, 0.1) is 11.6 Å². The Kier molecular flexibility index (Phi) is 4.50. The molecule has 1 atom stereocenters. The number of nitrogen functional groups attached to an aromatic ring is 1. The van der Waals surface area contributed by atoms with Crippen LogP contribution in [0.3, 0.4) is 0 Å². The van der Waals surface area contributed by atoms with Crippen molar-refractivity contribution in [2.75, 3.05) is 32.9 Å². The maximum Gasteiger partial charge on any atom is 0.246 e. The zero-order chi connectivity index (χ0) is 15.8. The van der Waals surface area contributed by atoms with E-state index < -0.39 is 26.6 Å². The third-order valence-corrected chi connectivity index (χ3v) is 5.59. The first-order valence-electron chi connectivity index (χ1n) is 6.64. The van der Waals surface area contributed by atoms with Gasteiger partial charge in [0.2, 0.25) is 10.0 Å². The second-order valence-corrected chi connectivity index (χ2v) is 7.34. The van der Waals surface area contributed by atoms with Gasteiger partial charge in [0.1, 0.15) is 4.90 Å². The van der Waals surface area contributed by atoms with Crippen LogP contribution in [0.15, 0.2) is 17.0 Å². The molecule has 1 fully saturated rings. The number of rotatable bonds is 3. The zero-order valence-corrected chi connectivity index (χ0v) is 12.8. The minimum Gasteiger partial charge on any atom is -0.399 e. The summed E-state index contributed by atoms with van der Waals surface area (Å²) >= 11 is 0. The van der Waals surface area contributed by atoms with E-state index in [1.807, 2.05) is 19.0 Å². The van der Waals surface area contributed by atoms with Crippen molar-refractivity contribution in [1.82, 2.24) is 9.21 Å². The molecule has 1 aromatic rings. The Morgan fingerprint density at radius 2 is 2.00 bits per heavy atom. The molecule has 0 amide bonds. The first kappa shape index (κ1) is 16.1. The van der Waals surface area contributed by atoms with Gasteiger partial charge in [-0.1, -0.05) is 0 Å². The summed E-state index contributed by atoms with van der Waals surface area (Å²) in [4.78, 5) is 1.23. The van der Waals surface area contributed by atoms with E-state index in [2.05, 4.69) is 0 Å². The Labute approximate surface area is 123 Å². The Bertz CT molecular complexity index is 635. The van der Waals surface area contributed by atoms with Crippen LogP contribution in [0.5, 0.6) is 0 Å². The van der Waals surface area contributed by atoms with E-state index in [1.165, 1.54) is 4.31 Å². The van der Waals surface area contributed by atoms with Gasteiger partial charge in [0.25, 0.3) is 0 Å². The molecule has 0 spiro atoms. The highest BCUT2D eigenvalue weighted by molar-refractivity contribution is 7.89. The van der Waals surface area contributed by atoms with E-state index in [4.69, 9.17) is 5.73 Å². The number of hydrogen-bond donors (Lipinski definition) is 1. The molecule has 2 N–H and O–H groups in total. The van der Waals surface area contributed by atoms with Gasteiger partial charge in [-0.2, -0.15) is 4.31 Å². The third kappa shape index (κ3) is 3.17. The molecule has 1 aliphatic rings. The van der Waals surface area contributed by atoms with Crippen LogP contribution in [0.25, 0.3) is 0 Å². The van der Waals surface area contributed by atoms with Crippen molar-refractivity contribution in [3.8, 4) is 0 Å². The first-order chi connectivity index (χ1) is 9.73. The minimum atomic E-state index is -4.09. The van der Waals surface area contributed by atoms with Crippen LogP contribution in [-0.4, -0.2) is 50.8 Å². The topological polar surface area (TPSA) is 66.6 Å². The third-order valence-electron chi connectivity index (χ3n) is 3.72. The number of nitrogens with two attached hydrogens (primary N) is 1. The number of benzene rings is 1. The SMILES string of the molecule is CN(C)C1CCCN(S(=O)(=O)c2cc(N)cc(F)c2F)C1. The highest BCUT2D eigenvalue weighted by Gasteiger charge is 2.33. The van der Waals surface area contributed by atoms with Gasteiger partial charge in [-0.05, 0) is 39.1 Å². The van der Waals surface area contributed by atoms with Gasteiger partial charge in [0.15, 0.2) is 11.6 Å². The summed E-state index contributed by atoms with van der Waals surface area (Å²) < 4.78 is 53.5. The molecule has 1 saturated heterocycles. The van der Waals surface area contributed by atoms with Gasteiger partial charge in [-0.3, -0.25) is 0 Å². The van der Waals surface area contributed by atoms with E-state index in [-0.39, 0.29) is 18.3 Å². The molecule has 1 heterocycles. The predicted octanol–water partition coefficient (Wildman–Crippen LogP) is 1.26. The number of hydrogen-bond acceptors (Lipinski definition) is 4. The van der Waals surface area contributed by atoms with Crippen LogP contribution in [0.2, 0.25) is 0 Å². The fraction of sp³-hybridized carbons (Fsp3) is 0.538. The van der Waals surface area contributed by atoms with Crippen molar-refractivity contribution < 1.29 is 17.2 Å². The van der Waals surface area contributed by atoms with Gasteiger partial charge >= 0.3 is 0 Å². The van der Waals surface area contributed by atoms with Gasteiger partial charge in [0, 0.05) is 24.8 Å². The second kappa shape index (κ2) is 5.86. The largest absolute Gasteiger partial charge is 0.399 e. The van der Waals surface area contributed by atoms with E-state index >= 15 is 0 Å². The van der Waals surface area contributed by atoms with Crippen molar-refractivity contribution in [3.05, 3.63) is 23.8 Å². The highest BCUT2D eigenvalue weighted by atomic mass is 32.2. The van der Waals surface area contributed by atoms with Crippen LogP contribution >= 0.6 is 0 Å². The predicted molar refractivity (Wildman–Crippen MR) is 76.2 cm³/mol. The quantitative estimate of drug-likeness (QED) is 0.852. The van der Waals surface area contributed by atoms with Crippen LogP contribution in [-0.2, 0) is 10.0 Å². The summed E-state index contributed by atoms with van der Waals surface area (Å²) in [7, 11) is -0.367. The molecular weight excluding hydrogens is 300 g/mol. The van der Waals surface area contributed by atoms with Crippen molar-refractivity contribution in [3.63, 3.8) is 0 Å². The molecule has 0 aromatic heterocycles. The van der Waals surface area contributed by atoms with E-state index in [0.717, 1.165) is 18.6 Å². The Hall–Kier alpha value is -1.25. The average Bonchev–Trinajstić information content (AvgIpc) is 2.42. The molecule has 0 aliphatic carbocycles. The molecule has 1 unspecified atom stereocenters. The molecule has 2 rings (SSSR count). The van der Waals surface area contributed by atoms with Gasteiger partial charge < -0.3 is 10.6 Å². The Morgan fingerprint density at radius 3 is 2.62 bits per heavy atom. The monoisotopic (exact) mass is 319 g/mol. The molecule has 0 bridgehead atoms. The van der Waals surface area contributed by atoms with Gasteiger partial charge in [-0.15, -0.1) is 0 Å². The molecule has 0 radical (unpaired) electrons. The number of sulfonamides is 1. The van der Waals surface area contributed by atoms with Crippen LogP contribution < -0.4 is 5.73 Å². The minimum absolute atomic E-state index is 0.0579. The first-order valence-corrected chi connectivity index (χ1v) is 8.08. The van der Waals surface area contributed by atoms with Gasteiger partial charge in [0.05, 0.1) is 0 Å². The lowest BCUT2D eigenvalue weighted by molar-refractivity contribution is 0.190. The number of halogens is 2. The number of likely N-dealkylation sites (N-methyl/N-ethyl adjacent to an activating group) is 1. The standard InChI is InChI=1S/C13H19F2N3O2S/c1-17(2)10-4-3-5-18(8-10)21(19,20)12-7-9(16)6-11(14)13(12)15/h6-7,10H,3-5,8,16H2,1-2H3. The number of nitrogens with zero attached hydrogens (tertiary/aromatic N) is 2. The molecule has 21 heavy (non-hydrogen) atoms. The van der Waals surface area contributed by atoms with Crippen molar-refractivity contribution in [1.29, 1.82) is 0 Å². The van der Waals surface area contributed by atoms with Crippen molar-refractivity contribution in [2.45, 2.75) is 23.8 Å². The Morgan fingerprint density at radius 1 is 1.33 bits per heavy atom. The number of piperidine rings is 1. The summed E-state index contributed by atoms with van der Waals surface area (Å²) in [5.74, 6) is -2.63. The Balaban J connectivity index is 2.38. The summed E-state index contributed by atoms with van der Waals surface area (Å²) in [5, 5.41) is 0. The molecule has 1 aromatic carbocycles. The molecule has 1 aliphatic heterocycles. The molecule has 5 nitrogen and oxygen atoms in total. The molecule has 0 saturated carbocycles.